The molecular formula is C25H23N7O2. The Bertz CT molecular complexity index is 1480. The van der Waals surface area contributed by atoms with Crippen molar-refractivity contribution >= 4 is 34.5 Å². The van der Waals surface area contributed by atoms with Crippen LogP contribution in [-0.2, 0) is 4.74 Å². The number of hydrogen-bond donors (Lipinski definition) is 1. The van der Waals surface area contributed by atoms with Crippen molar-refractivity contribution in [3.8, 4) is 11.3 Å². The number of anilines is 2. The Morgan fingerprint density at radius 1 is 1.06 bits per heavy atom. The topological polar surface area (TPSA) is 93.1 Å². The van der Waals surface area contributed by atoms with Crippen LogP contribution in [0.15, 0.2) is 70.4 Å². The zero-order valence-electron chi connectivity index (χ0n) is 18.7. The van der Waals surface area contributed by atoms with E-state index in [9.17, 15) is 0 Å². The lowest BCUT2D eigenvalue weighted by atomic mass is 10.1. The van der Waals surface area contributed by atoms with Crippen molar-refractivity contribution in [1.82, 2.24) is 19.6 Å². The van der Waals surface area contributed by atoms with Crippen molar-refractivity contribution < 1.29 is 9.15 Å². The van der Waals surface area contributed by atoms with Gasteiger partial charge < -0.3 is 14.1 Å². The smallest absolute Gasteiger partial charge is 0.160 e. The fraction of sp³-hybridized carbons (Fsp3) is 0.200. The number of aromatic nitrogens is 4. The number of morpholine rings is 1. The Labute approximate surface area is 195 Å². The zero-order chi connectivity index (χ0) is 22.9. The first-order valence-electron chi connectivity index (χ1n) is 11.2. The van der Waals surface area contributed by atoms with Crippen molar-refractivity contribution in [2.75, 3.05) is 36.6 Å². The summed E-state index contributed by atoms with van der Waals surface area (Å²) in [6, 6.07) is 15.8. The van der Waals surface area contributed by atoms with E-state index in [0.29, 0.717) is 24.8 Å². The van der Waals surface area contributed by atoms with Gasteiger partial charge in [-0.3, -0.25) is 10.4 Å². The number of hydrazone groups is 1. The Hall–Kier alpha value is -4.24. The molecule has 5 aromatic rings. The van der Waals surface area contributed by atoms with Crippen molar-refractivity contribution in [1.29, 1.82) is 0 Å². The molecule has 1 fully saturated rings. The SMILES string of the molecule is Cc1c(/C=N/Nc2cc(N3CCOCC3)n3nc(-c4ccncc4)cc3n2)oc2ccccc12. The highest BCUT2D eigenvalue weighted by molar-refractivity contribution is 5.91. The van der Waals surface area contributed by atoms with Crippen LogP contribution in [0.2, 0.25) is 0 Å². The molecule has 6 rings (SSSR count). The molecule has 0 atom stereocenters. The molecule has 1 N–H and O–H groups in total. The number of nitrogens with zero attached hydrogens (tertiary/aromatic N) is 6. The van der Waals surface area contributed by atoms with Gasteiger partial charge >= 0.3 is 0 Å². The lowest BCUT2D eigenvalue weighted by Crippen LogP contribution is -2.37. The highest BCUT2D eigenvalue weighted by atomic mass is 16.5. The summed E-state index contributed by atoms with van der Waals surface area (Å²) in [5.74, 6) is 2.28. The highest BCUT2D eigenvalue weighted by Gasteiger charge is 2.18. The molecule has 9 heteroatoms. The minimum absolute atomic E-state index is 0.625. The molecule has 0 radical (unpaired) electrons. The number of furan rings is 1. The summed E-state index contributed by atoms with van der Waals surface area (Å²) in [4.78, 5) is 11.1. The van der Waals surface area contributed by atoms with E-state index in [0.717, 1.165) is 52.3 Å². The van der Waals surface area contributed by atoms with E-state index in [1.54, 1.807) is 18.6 Å². The van der Waals surface area contributed by atoms with Gasteiger partial charge in [0.1, 0.15) is 11.4 Å². The molecule has 1 aliphatic heterocycles. The molecule has 0 unspecified atom stereocenters. The largest absolute Gasteiger partial charge is 0.455 e. The number of aryl methyl sites for hydroxylation is 1. The zero-order valence-corrected chi connectivity index (χ0v) is 18.7. The van der Waals surface area contributed by atoms with Crippen LogP contribution in [-0.4, -0.2) is 52.1 Å². The van der Waals surface area contributed by atoms with Gasteiger partial charge in [-0.2, -0.15) is 14.7 Å². The van der Waals surface area contributed by atoms with Crippen LogP contribution >= 0.6 is 0 Å². The summed E-state index contributed by atoms with van der Waals surface area (Å²) in [6.07, 6.45) is 5.21. The van der Waals surface area contributed by atoms with Crippen LogP contribution in [0, 0.1) is 6.92 Å². The molecule has 9 nitrogen and oxygen atoms in total. The molecule has 0 spiro atoms. The molecule has 1 aliphatic rings. The van der Waals surface area contributed by atoms with E-state index in [-0.39, 0.29) is 0 Å². The van der Waals surface area contributed by atoms with Crippen LogP contribution in [0.25, 0.3) is 27.9 Å². The molecule has 1 saturated heterocycles. The van der Waals surface area contributed by atoms with Gasteiger partial charge in [0, 0.05) is 54.1 Å². The van der Waals surface area contributed by atoms with E-state index in [1.807, 2.05) is 60.0 Å². The second-order valence-electron chi connectivity index (χ2n) is 8.09. The number of benzene rings is 1. The third kappa shape index (κ3) is 3.75. The Balaban J connectivity index is 1.35. The number of nitrogens with one attached hydrogen (secondary N) is 1. The van der Waals surface area contributed by atoms with Gasteiger partial charge in [0.15, 0.2) is 17.2 Å². The molecule has 1 aromatic carbocycles. The van der Waals surface area contributed by atoms with Gasteiger partial charge in [-0.05, 0) is 25.1 Å². The van der Waals surface area contributed by atoms with Gasteiger partial charge in [-0.1, -0.05) is 18.2 Å². The van der Waals surface area contributed by atoms with E-state index in [4.69, 9.17) is 19.2 Å². The fourth-order valence-electron chi connectivity index (χ4n) is 4.17. The number of pyridine rings is 1. The maximum Gasteiger partial charge on any atom is 0.160 e. The second-order valence-corrected chi connectivity index (χ2v) is 8.09. The van der Waals surface area contributed by atoms with Crippen molar-refractivity contribution in [2.45, 2.75) is 6.92 Å². The number of ether oxygens (including phenoxy) is 1. The number of fused-ring (bicyclic) bond motifs is 2. The van der Waals surface area contributed by atoms with E-state index in [1.165, 1.54) is 0 Å². The minimum atomic E-state index is 0.625. The third-order valence-corrected chi connectivity index (χ3v) is 5.96. The number of rotatable bonds is 5. The predicted molar refractivity (Wildman–Crippen MR) is 131 cm³/mol. The first-order valence-corrected chi connectivity index (χ1v) is 11.2. The maximum absolute atomic E-state index is 5.93. The summed E-state index contributed by atoms with van der Waals surface area (Å²) < 4.78 is 13.3. The molecule has 4 aromatic heterocycles. The maximum atomic E-state index is 5.93. The molecular weight excluding hydrogens is 430 g/mol. The first-order chi connectivity index (χ1) is 16.8. The van der Waals surface area contributed by atoms with Crippen LogP contribution in [0.3, 0.4) is 0 Å². The van der Waals surface area contributed by atoms with Crippen LogP contribution in [0.1, 0.15) is 11.3 Å². The average Bonchev–Trinajstić information content (AvgIpc) is 3.46. The average molecular weight is 454 g/mol. The Morgan fingerprint density at radius 3 is 2.71 bits per heavy atom. The summed E-state index contributed by atoms with van der Waals surface area (Å²) >= 11 is 0. The lowest BCUT2D eigenvalue weighted by Gasteiger charge is -2.29. The molecule has 0 saturated carbocycles. The first kappa shape index (κ1) is 20.4. The van der Waals surface area contributed by atoms with E-state index in [2.05, 4.69) is 20.4 Å². The molecule has 34 heavy (non-hydrogen) atoms. The fourth-order valence-corrected chi connectivity index (χ4v) is 4.17. The van der Waals surface area contributed by atoms with Crippen molar-refractivity contribution in [2.24, 2.45) is 5.10 Å². The quantitative estimate of drug-likeness (QED) is 0.316. The van der Waals surface area contributed by atoms with Crippen LogP contribution in [0.5, 0.6) is 0 Å². The normalized spacial score (nSPS) is 14.4. The second kappa shape index (κ2) is 8.60. The molecule has 170 valence electrons. The summed E-state index contributed by atoms with van der Waals surface area (Å²) in [5.41, 5.74) is 7.53. The third-order valence-electron chi connectivity index (χ3n) is 5.96. The monoisotopic (exact) mass is 453 g/mol. The highest BCUT2D eigenvalue weighted by Crippen LogP contribution is 2.26. The predicted octanol–water partition coefficient (Wildman–Crippen LogP) is 4.13. The summed E-state index contributed by atoms with van der Waals surface area (Å²) in [6.45, 7) is 4.94. The molecule has 0 bridgehead atoms. The standard InChI is InChI=1S/C25H23N7O2/c1-17-19-4-2-3-5-21(19)34-22(17)16-27-29-23-15-25(31-10-12-33-13-11-31)32-24(28-23)14-20(30-32)18-6-8-26-9-7-18/h2-9,14-16H,10-13H2,1H3,(H,28,29)/b27-16+. The van der Waals surface area contributed by atoms with Crippen molar-refractivity contribution in [3.63, 3.8) is 0 Å². The lowest BCUT2D eigenvalue weighted by molar-refractivity contribution is 0.122. The molecule has 0 amide bonds. The number of hydrogen-bond acceptors (Lipinski definition) is 8. The summed E-state index contributed by atoms with van der Waals surface area (Å²) in [7, 11) is 0. The van der Waals surface area contributed by atoms with Gasteiger partial charge in [0.05, 0.1) is 25.1 Å². The van der Waals surface area contributed by atoms with Gasteiger partial charge in [-0.15, -0.1) is 0 Å². The summed E-state index contributed by atoms with van der Waals surface area (Å²) in [5, 5.41) is 10.3. The van der Waals surface area contributed by atoms with E-state index >= 15 is 0 Å². The van der Waals surface area contributed by atoms with E-state index < -0.39 is 0 Å². The Kier molecular flexibility index (Phi) is 5.15. The Morgan fingerprint density at radius 2 is 1.88 bits per heavy atom. The van der Waals surface area contributed by atoms with Gasteiger partial charge in [0.25, 0.3) is 0 Å². The van der Waals surface area contributed by atoms with Gasteiger partial charge in [-0.25, -0.2) is 4.98 Å². The molecule has 0 aliphatic carbocycles. The van der Waals surface area contributed by atoms with Crippen LogP contribution < -0.4 is 10.3 Å². The van der Waals surface area contributed by atoms with Gasteiger partial charge in [0.2, 0.25) is 0 Å². The van der Waals surface area contributed by atoms with Crippen molar-refractivity contribution in [3.05, 3.63) is 72.2 Å². The molecule has 5 heterocycles. The van der Waals surface area contributed by atoms with Crippen LogP contribution in [0.4, 0.5) is 11.6 Å². The minimum Gasteiger partial charge on any atom is -0.455 e. The number of para-hydroxylation sites is 1.